The van der Waals surface area contributed by atoms with Crippen LogP contribution in [0.1, 0.15) is 53.4 Å². The van der Waals surface area contributed by atoms with E-state index in [0.29, 0.717) is 12.6 Å². The van der Waals surface area contributed by atoms with Crippen LogP contribution in [-0.4, -0.2) is 24.2 Å². The fourth-order valence-electron chi connectivity index (χ4n) is 2.25. The molecule has 1 aliphatic rings. The van der Waals surface area contributed by atoms with Crippen LogP contribution < -0.4 is 5.32 Å². The maximum atomic E-state index is 11.5. The molecule has 0 bridgehead atoms. The highest BCUT2D eigenvalue weighted by Gasteiger charge is 2.22. The molecular weight excluding hydrogens is 202 g/mol. The summed E-state index contributed by atoms with van der Waals surface area (Å²) in [7, 11) is 0. The second kappa shape index (κ2) is 5.67. The third-order valence-corrected chi connectivity index (χ3v) is 3.10. The molecule has 0 saturated heterocycles. The van der Waals surface area contributed by atoms with E-state index in [0.717, 1.165) is 5.92 Å². The second-order valence-electron chi connectivity index (χ2n) is 5.80. The number of ether oxygens (including phenoxy) is 1. The molecule has 1 rings (SSSR count). The minimum absolute atomic E-state index is 0.155. The van der Waals surface area contributed by atoms with Gasteiger partial charge in [-0.1, -0.05) is 12.8 Å². The summed E-state index contributed by atoms with van der Waals surface area (Å²) in [5.41, 5.74) is -0.380. The van der Waals surface area contributed by atoms with E-state index in [1.54, 1.807) is 0 Å². The SMILES string of the molecule is CC(NCC(=O)OC(C)(C)C)C1CCCC1. The molecule has 3 nitrogen and oxygen atoms in total. The van der Waals surface area contributed by atoms with Gasteiger partial charge in [0.1, 0.15) is 5.60 Å². The zero-order valence-electron chi connectivity index (χ0n) is 11.0. The van der Waals surface area contributed by atoms with Gasteiger partial charge in [-0.05, 0) is 46.5 Å². The lowest BCUT2D eigenvalue weighted by atomic mass is 10.00. The van der Waals surface area contributed by atoms with Gasteiger partial charge in [0.05, 0.1) is 6.54 Å². The van der Waals surface area contributed by atoms with E-state index in [1.807, 2.05) is 20.8 Å². The Morgan fingerprint density at radius 2 is 1.94 bits per heavy atom. The van der Waals surface area contributed by atoms with Crippen molar-refractivity contribution in [1.82, 2.24) is 5.32 Å². The molecule has 0 aromatic rings. The van der Waals surface area contributed by atoms with Gasteiger partial charge in [0.15, 0.2) is 0 Å². The summed E-state index contributed by atoms with van der Waals surface area (Å²) < 4.78 is 5.25. The molecule has 0 heterocycles. The van der Waals surface area contributed by atoms with Crippen LogP contribution in [0.25, 0.3) is 0 Å². The van der Waals surface area contributed by atoms with Gasteiger partial charge in [-0.2, -0.15) is 0 Å². The molecule has 0 radical (unpaired) electrons. The Labute approximate surface area is 98.9 Å². The average molecular weight is 227 g/mol. The van der Waals surface area contributed by atoms with Gasteiger partial charge >= 0.3 is 5.97 Å². The van der Waals surface area contributed by atoms with Crippen LogP contribution in [0.2, 0.25) is 0 Å². The summed E-state index contributed by atoms with van der Waals surface area (Å²) in [4.78, 5) is 11.5. The van der Waals surface area contributed by atoms with Crippen molar-refractivity contribution in [3.8, 4) is 0 Å². The lowest BCUT2D eigenvalue weighted by Crippen LogP contribution is -2.38. The Bertz CT molecular complexity index is 227. The van der Waals surface area contributed by atoms with Gasteiger partial charge in [0.25, 0.3) is 0 Å². The van der Waals surface area contributed by atoms with E-state index in [4.69, 9.17) is 4.74 Å². The number of nitrogens with one attached hydrogen (secondary N) is 1. The highest BCUT2D eigenvalue weighted by atomic mass is 16.6. The maximum absolute atomic E-state index is 11.5. The second-order valence-corrected chi connectivity index (χ2v) is 5.80. The largest absolute Gasteiger partial charge is 0.459 e. The van der Waals surface area contributed by atoms with Gasteiger partial charge in [0, 0.05) is 6.04 Å². The average Bonchev–Trinajstić information content (AvgIpc) is 2.64. The van der Waals surface area contributed by atoms with Crippen LogP contribution in [0, 0.1) is 5.92 Å². The highest BCUT2D eigenvalue weighted by Crippen LogP contribution is 2.27. The molecule has 1 atom stereocenters. The normalized spacial score (nSPS) is 19.8. The van der Waals surface area contributed by atoms with Crippen LogP contribution in [0.4, 0.5) is 0 Å². The van der Waals surface area contributed by atoms with Crippen molar-refractivity contribution >= 4 is 5.97 Å². The van der Waals surface area contributed by atoms with Crippen molar-refractivity contribution in [2.45, 2.75) is 65.0 Å². The number of hydrogen-bond acceptors (Lipinski definition) is 3. The summed E-state index contributed by atoms with van der Waals surface area (Å²) in [5.74, 6) is 0.583. The summed E-state index contributed by atoms with van der Waals surface area (Å²) in [6, 6.07) is 0.426. The van der Waals surface area contributed by atoms with E-state index in [-0.39, 0.29) is 11.6 Å². The maximum Gasteiger partial charge on any atom is 0.320 e. The predicted molar refractivity (Wildman–Crippen MR) is 65.3 cm³/mol. The number of carbonyl (C=O) groups is 1. The van der Waals surface area contributed by atoms with Crippen LogP contribution in [-0.2, 0) is 9.53 Å². The quantitative estimate of drug-likeness (QED) is 0.750. The topological polar surface area (TPSA) is 38.3 Å². The van der Waals surface area contributed by atoms with Gasteiger partial charge in [-0.3, -0.25) is 4.79 Å². The van der Waals surface area contributed by atoms with Crippen LogP contribution in [0.5, 0.6) is 0 Å². The van der Waals surface area contributed by atoms with Crippen LogP contribution in [0.3, 0.4) is 0 Å². The van der Waals surface area contributed by atoms with Crippen molar-refractivity contribution in [3.63, 3.8) is 0 Å². The Morgan fingerprint density at radius 3 is 2.44 bits per heavy atom. The van der Waals surface area contributed by atoms with Crippen LogP contribution >= 0.6 is 0 Å². The third kappa shape index (κ3) is 4.97. The zero-order valence-corrected chi connectivity index (χ0v) is 11.0. The molecule has 94 valence electrons. The van der Waals surface area contributed by atoms with Gasteiger partial charge in [-0.25, -0.2) is 0 Å². The molecule has 1 saturated carbocycles. The van der Waals surface area contributed by atoms with E-state index in [9.17, 15) is 4.79 Å². The monoisotopic (exact) mass is 227 g/mol. The first-order valence-electron chi connectivity index (χ1n) is 6.34. The van der Waals surface area contributed by atoms with Crippen molar-refractivity contribution < 1.29 is 9.53 Å². The number of hydrogen-bond donors (Lipinski definition) is 1. The van der Waals surface area contributed by atoms with Crippen molar-refractivity contribution in [2.24, 2.45) is 5.92 Å². The molecule has 3 heteroatoms. The number of rotatable bonds is 4. The summed E-state index contributed by atoms with van der Waals surface area (Å²) in [6.45, 7) is 8.18. The van der Waals surface area contributed by atoms with E-state index in [1.165, 1.54) is 25.7 Å². The lowest BCUT2D eigenvalue weighted by Gasteiger charge is -2.23. The first-order valence-corrected chi connectivity index (χ1v) is 6.34. The van der Waals surface area contributed by atoms with E-state index >= 15 is 0 Å². The van der Waals surface area contributed by atoms with Gasteiger partial charge in [0.2, 0.25) is 0 Å². The zero-order chi connectivity index (χ0) is 12.2. The Kier molecular flexibility index (Phi) is 4.78. The highest BCUT2D eigenvalue weighted by molar-refractivity contribution is 5.72. The first-order chi connectivity index (χ1) is 7.38. The Hall–Kier alpha value is -0.570. The van der Waals surface area contributed by atoms with Crippen molar-refractivity contribution in [3.05, 3.63) is 0 Å². The molecule has 0 spiro atoms. The van der Waals surface area contributed by atoms with E-state index in [2.05, 4.69) is 12.2 Å². The molecule has 0 aliphatic heterocycles. The molecule has 0 aromatic heterocycles. The molecule has 16 heavy (non-hydrogen) atoms. The molecule has 1 aliphatic carbocycles. The lowest BCUT2D eigenvalue weighted by molar-refractivity contribution is -0.153. The fourth-order valence-corrected chi connectivity index (χ4v) is 2.25. The van der Waals surface area contributed by atoms with Gasteiger partial charge < -0.3 is 10.1 Å². The molecule has 1 N–H and O–H groups in total. The first kappa shape index (κ1) is 13.5. The summed E-state index contributed by atoms with van der Waals surface area (Å²) in [5, 5.41) is 3.27. The van der Waals surface area contributed by atoms with Gasteiger partial charge in [-0.15, -0.1) is 0 Å². The number of carbonyl (C=O) groups excluding carboxylic acids is 1. The van der Waals surface area contributed by atoms with E-state index < -0.39 is 0 Å². The summed E-state index contributed by atoms with van der Waals surface area (Å²) >= 11 is 0. The standard InChI is InChI=1S/C13H25NO2/c1-10(11-7-5-6-8-11)14-9-12(15)16-13(2,3)4/h10-11,14H,5-9H2,1-4H3. The Morgan fingerprint density at radius 1 is 1.38 bits per heavy atom. The minimum Gasteiger partial charge on any atom is -0.459 e. The van der Waals surface area contributed by atoms with Crippen LogP contribution in [0.15, 0.2) is 0 Å². The smallest absolute Gasteiger partial charge is 0.320 e. The molecule has 0 amide bonds. The fraction of sp³-hybridized carbons (Fsp3) is 0.923. The Balaban J connectivity index is 2.20. The third-order valence-electron chi connectivity index (χ3n) is 3.10. The van der Waals surface area contributed by atoms with Crippen molar-refractivity contribution in [2.75, 3.05) is 6.54 Å². The molecule has 0 aromatic carbocycles. The minimum atomic E-state index is -0.380. The predicted octanol–water partition coefficient (Wildman–Crippen LogP) is 2.50. The van der Waals surface area contributed by atoms with Crippen molar-refractivity contribution in [1.29, 1.82) is 0 Å². The molecule has 1 unspecified atom stereocenters. The molecule has 1 fully saturated rings. The molecular formula is C13H25NO2. The number of esters is 1. The summed E-state index contributed by atoms with van der Waals surface area (Å²) in [6.07, 6.45) is 5.26.